The van der Waals surface area contributed by atoms with E-state index in [-0.39, 0.29) is 17.6 Å². The summed E-state index contributed by atoms with van der Waals surface area (Å²) in [5, 5.41) is 2.65. The molecule has 1 rings (SSSR count). The summed E-state index contributed by atoms with van der Waals surface area (Å²) < 4.78 is 22.2. The van der Waals surface area contributed by atoms with Crippen molar-refractivity contribution in [1.82, 2.24) is 10.2 Å². The van der Waals surface area contributed by atoms with E-state index < -0.39 is 21.9 Å². The molecule has 1 fully saturated rings. The van der Waals surface area contributed by atoms with Gasteiger partial charge in [0.1, 0.15) is 21.9 Å². The molecule has 6 nitrogen and oxygen atoms in total. The summed E-state index contributed by atoms with van der Waals surface area (Å²) in [7, 11) is -3.04. The van der Waals surface area contributed by atoms with Gasteiger partial charge in [-0.15, -0.1) is 0 Å². The molecule has 0 aliphatic carbocycles. The minimum absolute atomic E-state index is 0.0334. The third-order valence-corrected chi connectivity index (χ3v) is 4.20. The number of hydrogen-bond donors (Lipinski definition) is 1. The predicted molar refractivity (Wildman–Crippen MR) is 72.3 cm³/mol. The van der Waals surface area contributed by atoms with Gasteiger partial charge in [0, 0.05) is 12.8 Å². The molecule has 1 aliphatic rings. The molecule has 0 spiro atoms. The second-order valence-corrected chi connectivity index (χ2v) is 7.31. The summed E-state index contributed by atoms with van der Waals surface area (Å²) in [5.74, 6) is -0.245. The zero-order valence-corrected chi connectivity index (χ0v) is 12.5. The molecule has 19 heavy (non-hydrogen) atoms. The van der Waals surface area contributed by atoms with E-state index in [1.165, 1.54) is 11.2 Å². The lowest BCUT2D eigenvalue weighted by atomic mass is 10.0. The Morgan fingerprint density at radius 2 is 1.95 bits per heavy atom. The topological polar surface area (TPSA) is 83.6 Å². The Kier molecular flexibility index (Phi) is 5.34. The first-order chi connectivity index (χ1) is 8.76. The van der Waals surface area contributed by atoms with E-state index in [1.807, 2.05) is 6.92 Å². The molecule has 1 N–H and O–H groups in total. The molecular formula is C12H22N2O4S. The number of amides is 2. The molecule has 1 heterocycles. The van der Waals surface area contributed by atoms with Crippen molar-refractivity contribution in [2.45, 2.75) is 45.2 Å². The summed E-state index contributed by atoms with van der Waals surface area (Å²) >= 11 is 0. The van der Waals surface area contributed by atoms with Gasteiger partial charge >= 0.3 is 0 Å². The lowest BCUT2D eigenvalue weighted by Crippen LogP contribution is -2.62. The summed E-state index contributed by atoms with van der Waals surface area (Å²) in [5.41, 5.74) is 0. The summed E-state index contributed by atoms with van der Waals surface area (Å²) in [6.07, 6.45) is 2.93. The van der Waals surface area contributed by atoms with E-state index in [2.05, 4.69) is 5.32 Å². The quantitative estimate of drug-likeness (QED) is 0.742. The van der Waals surface area contributed by atoms with Crippen LogP contribution in [-0.2, 0) is 19.4 Å². The van der Waals surface area contributed by atoms with Gasteiger partial charge in [-0.2, -0.15) is 0 Å². The zero-order chi connectivity index (χ0) is 14.6. The maximum absolute atomic E-state index is 12.1. The van der Waals surface area contributed by atoms with Crippen LogP contribution >= 0.6 is 0 Å². The van der Waals surface area contributed by atoms with Crippen molar-refractivity contribution in [3.63, 3.8) is 0 Å². The van der Waals surface area contributed by atoms with Gasteiger partial charge < -0.3 is 10.2 Å². The Labute approximate surface area is 114 Å². The van der Waals surface area contributed by atoms with Crippen molar-refractivity contribution in [3.8, 4) is 0 Å². The lowest BCUT2D eigenvalue weighted by Gasteiger charge is -2.38. The fraction of sp³-hybridized carbons (Fsp3) is 0.833. The van der Waals surface area contributed by atoms with Crippen molar-refractivity contribution >= 4 is 21.7 Å². The fourth-order valence-corrected chi connectivity index (χ4v) is 2.89. The van der Waals surface area contributed by atoms with Crippen molar-refractivity contribution in [3.05, 3.63) is 0 Å². The number of sulfone groups is 1. The van der Waals surface area contributed by atoms with E-state index in [9.17, 15) is 18.0 Å². The van der Waals surface area contributed by atoms with Crippen LogP contribution in [0.3, 0.4) is 0 Å². The van der Waals surface area contributed by atoms with Gasteiger partial charge in [0.2, 0.25) is 11.8 Å². The van der Waals surface area contributed by atoms with Crippen molar-refractivity contribution in [2.24, 2.45) is 0 Å². The number of rotatable bonds is 6. The maximum atomic E-state index is 12.1. The first-order valence-corrected chi connectivity index (χ1v) is 8.61. The molecule has 2 amide bonds. The monoisotopic (exact) mass is 290 g/mol. The molecule has 0 aromatic heterocycles. The van der Waals surface area contributed by atoms with Crippen LogP contribution in [-0.4, -0.2) is 55.8 Å². The number of hydrogen-bond acceptors (Lipinski definition) is 4. The molecule has 7 heteroatoms. The average Bonchev–Trinajstić information content (AvgIpc) is 2.28. The third kappa shape index (κ3) is 4.49. The van der Waals surface area contributed by atoms with Crippen molar-refractivity contribution in [2.75, 3.05) is 18.6 Å². The zero-order valence-electron chi connectivity index (χ0n) is 11.7. The standard InChI is InChI=1S/C12H22N2O4S/c1-4-6-10-11(15)13-9(2)12(16)14(10)7-5-8-19(3,17)18/h9-10H,4-8H2,1-3H3,(H,13,15). The van der Waals surface area contributed by atoms with E-state index in [0.717, 1.165) is 6.42 Å². The van der Waals surface area contributed by atoms with E-state index in [0.29, 0.717) is 19.4 Å². The van der Waals surface area contributed by atoms with Crippen LogP contribution < -0.4 is 5.32 Å². The van der Waals surface area contributed by atoms with Crippen LogP contribution in [0, 0.1) is 0 Å². The van der Waals surface area contributed by atoms with Gasteiger partial charge in [0.05, 0.1) is 5.75 Å². The maximum Gasteiger partial charge on any atom is 0.245 e. The summed E-state index contributed by atoms with van der Waals surface area (Å²) in [6.45, 7) is 3.91. The molecule has 0 radical (unpaired) electrons. The van der Waals surface area contributed by atoms with Gasteiger partial charge in [-0.05, 0) is 19.8 Å². The van der Waals surface area contributed by atoms with Gasteiger partial charge in [-0.25, -0.2) is 8.42 Å². The van der Waals surface area contributed by atoms with Crippen LogP contribution in [0.1, 0.15) is 33.1 Å². The Balaban J connectivity index is 2.72. The van der Waals surface area contributed by atoms with E-state index in [1.54, 1.807) is 6.92 Å². The minimum atomic E-state index is -3.04. The Bertz CT molecular complexity index is 447. The highest BCUT2D eigenvalue weighted by Gasteiger charge is 2.37. The van der Waals surface area contributed by atoms with Crippen molar-refractivity contribution < 1.29 is 18.0 Å². The minimum Gasteiger partial charge on any atom is -0.343 e. The molecule has 110 valence electrons. The summed E-state index contributed by atoms with van der Waals surface area (Å²) in [4.78, 5) is 25.5. The SMILES string of the molecule is CCCC1C(=O)NC(C)C(=O)N1CCCS(C)(=O)=O. The van der Waals surface area contributed by atoms with Crippen LogP contribution in [0.5, 0.6) is 0 Å². The Morgan fingerprint density at radius 3 is 2.47 bits per heavy atom. The number of nitrogens with one attached hydrogen (secondary N) is 1. The molecule has 1 saturated heterocycles. The van der Waals surface area contributed by atoms with E-state index >= 15 is 0 Å². The molecule has 0 bridgehead atoms. The second-order valence-electron chi connectivity index (χ2n) is 5.05. The Hall–Kier alpha value is -1.11. The Morgan fingerprint density at radius 1 is 1.32 bits per heavy atom. The number of carbonyl (C=O) groups excluding carboxylic acids is 2. The normalized spacial score (nSPS) is 24.5. The van der Waals surface area contributed by atoms with Gasteiger partial charge in [0.15, 0.2) is 0 Å². The van der Waals surface area contributed by atoms with Crippen LogP contribution in [0.2, 0.25) is 0 Å². The number of nitrogens with zero attached hydrogens (tertiary/aromatic N) is 1. The van der Waals surface area contributed by atoms with Gasteiger partial charge in [-0.1, -0.05) is 13.3 Å². The summed E-state index contributed by atoms with van der Waals surface area (Å²) in [6, 6.07) is -0.993. The molecule has 2 unspecified atom stereocenters. The lowest BCUT2D eigenvalue weighted by molar-refractivity contribution is -0.149. The molecule has 0 saturated carbocycles. The second kappa shape index (κ2) is 6.36. The van der Waals surface area contributed by atoms with Crippen LogP contribution in [0.15, 0.2) is 0 Å². The highest BCUT2D eigenvalue weighted by atomic mass is 32.2. The average molecular weight is 290 g/mol. The first-order valence-electron chi connectivity index (χ1n) is 6.55. The van der Waals surface area contributed by atoms with E-state index in [4.69, 9.17) is 0 Å². The molecule has 2 atom stereocenters. The van der Waals surface area contributed by atoms with Crippen LogP contribution in [0.25, 0.3) is 0 Å². The molecular weight excluding hydrogens is 268 g/mol. The smallest absolute Gasteiger partial charge is 0.245 e. The largest absolute Gasteiger partial charge is 0.343 e. The molecule has 0 aromatic carbocycles. The van der Waals surface area contributed by atoms with Crippen LogP contribution in [0.4, 0.5) is 0 Å². The third-order valence-electron chi connectivity index (χ3n) is 3.17. The van der Waals surface area contributed by atoms with Gasteiger partial charge in [-0.3, -0.25) is 9.59 Å². The van der Waals surface area contributed by atoms with Crippen molar-refractivity contribution in [1.29, 1.82) is 0 Å². The number of piperazine rings is 1. The van der Waals surface area contributed by atoms with Gasteiger partial charge in [0.25, 0.3) is 0 Å². The predicted octanol–water partition coefficient (Wildman–Crippen LogP) is -0.0633. The highest BCUT2D eigenvalue weighted by Crippen LogP contribution is 2.15. The first kappa shape index (κ1) is 15.9. The highest BCUT2D eigenvalue weighted by molar-refractivity contribution is 7.90. The number of carbonyl (C=O) groups is 2. The fourth-order valence-electron chi connectivity index (χ4n) is 2.24. The molecule has 1 aliphatic heterocycles. The molecule has 0 aromatic rings.